The van der Waals surface area contributed by atoms with Crippen LogP contribution in [0.2, 0.25) is 0 Å². The topological polar surface area (TPSA) is 99.9 Å². The molecule has 4 heterocycles. The van der Waals surface area contributed by atoms with Crippen molar-refractivity contribution in [1.82, 2.24) is 29.7 Å². The monoisotopic (exact) mass is 370 g/mol. The molecule has 2 fully saturated rings. The van der Waals surface area contributed by atoms with Crippen molar-refractivity contribution in [3.63, 3.8) is 0 Å². The number of amides is 3. The van der Waals surface area contributed by atoms with Gasteiger partial charge in [-0.2, -0.15) is 0 Å². The molecule has 0 aromatic carbocycles. The Morgan fingerprint density at radius 2 is 1.81 bits per heavy atom. The van der Waals surface area contributed by atoms with Crippen LogP contribution in [0.25, 0.3) is 5.65 Å². The highest BCUT2D eigenvalue weighted by molar-refractivity contribution is 5.96. The largest absolute Gasteiger partial charge is 0.342 e. The number of hydrogen-bond donors (Lipinski definition) is 1. The summed E-state index contributed by atoms with van der Waals surface area (Å²) in [6, 6.07) is 3.52. The van der Waals surface area contributed by atoms with Gasteiger partial charge in [0.2, 0.25) is 11.8 Å². The second-order valence-corrected chi connectivity index (χ2v) is 7.36. The molecule has 1 N–H and O–H groups in total. The van der Waals surface area contributed by atoms with Crippen LogP contribution in [0.15, 0.2) is 18.3 Å². The molecule has 2 aliphatic heterocycles. The first-order valence-corrected chi connectivity index (χ1v) is 9.08. The lowest BCUT2D eigenvalue weighted by Crippen LogP contribution is -2.59. The first-order chi connectivity index (χ1) is 12.9. The van der Waals surface area contributed by atoms with Gasteiger partial charge in [0.1, 0.15) is 11.4 Å². The van der Waals surface area contributed by atoms with E-state index < -0.39 is 5.54 Å². The van der Waals surface area contributed by atoms with Crippen molar-refractivity contribution in [1.29, 1.82) is 0 Å². The highest BCUT2D eigenvalue weighted by Gasteiger charge is 2.43. The number of rotatable bonds is 2. The second kappa shape index (κ2) is 6.33. The molecule has 9 heteroatoms. The van der Waals surface area contributed by atoms with Crippen LogP contribution in [-0.2, 0) is 9.59 Å². The summed E-state index contributed by atoms with van der Waals surface area (Å²) in [6.45, 7) is 5.46. The Balaban J connectivity index is 1.42. The van der Waals surface area contributed by atoms with Crippen LogP contribution in [0.4, 0.5) is 0 Å². The first kappa shape index (κ1) is 17.4. The quantitative estimate of drug-likeness (QED) is 0.802. The van der Waals surface area contributed by atoms with E-state index >= 15 is 0 Å². The zero-order valence-electron chi connectivity index (χ0n) is 15.4. The molecular weight excluding hydrogens is 348 g/mol. The Kier molecular flexibility index (Phi) is 4.09. The molecule has 27 heavy (non-hydrogen) atoms. The summed E-state index contributed by atoms with van der Waals surface area (Å²) in [5.74, 6) is 0.501. The highest BCUT2D eigenvalue weighted by Crippen LogP contribution is 2.23. The molecule has 4 rings (SSSR count). The highest BCUT2D eigenvalue weighted by atomic mass is 16.2. The van der Waals surface area contributed by atoms with Crippen LogP contribution in [0.3, 0.4) is 0 Å². The molecule has 0 unspecified atom stereocenters. The molecule has 0 aliphatic carbocycles. The van der Waals surface area contributed by atoms with Crippen LogP contribution in [-0.4, -0.2) is 73.8 Å². The van der Waals surface area contributed by atoms with E-state index in [4.69, 9.17) is 0 Å². The lowest BCUT2D eigenvalue weighted by molar-refractivity contribution is -0.140. The van der Waals surface area contributed by atoms with Gasteiger partial charge in [0.05, 0.1) is 5.56 Å². The molecule has 2 saturated heterocycles. The van der Waals surface area contributed by atoms with Crippen molar-refractivity contribution >= 4 is 23.4 Å². The van der Waals surface area contributed by atoms with Crippen LogP contribution in [0.5, 0.6) is 0 Å². The number of hydrogen-bond acceptors (Lipinski definition) is 5. The van der Waals surface area contributed by atoms with Gasteiger partial charge >= 0.3 is 0 Å². The van der Waals surface area contributed by atoms with Crippen molar-refractivity contribution in [3.05, 3.63) is 29.7 Å². The lowest BCUT2D eigenvalue weighted by atomic mass is 9.98. The van der Waals surface area contributed by atoms with Crippen LogP contribution < -0.4 is 5.32 Å². The van der Waals surface area contributed by atoms with Gasteiger partial charge in [-0.25, -0.2) is 0 Å². The lowest BCUT2D eigenvalue weighted by Gasteiger charge is -2.38. The Labute approximate surface area is 156 Å². The Morgan fingerprint density at radius 3 is 2.48 bits per heavy atom. The number of pyridine rings is 1. The molecule has 9 nitrogen and oxygen atoms in total. The maximum Gasteiger partial charge on any atom is 0.255 e. The molecule has 0 saturated carbocycles. The SMILES string of the molecule is Cc1nnc2ccc(C(=O)N3CCN(C(=O)[C@@]4(C)CCC(=O)N4)CC3)cn12. The first-order valence-electron chi connectivity index (χ1n) is 9.08. The number of aromatic nitrogens is 3. The van der Waals surface area contributed by atoms with Crippen molar-refractivity contribution in [3.8, 4) is 0 Å². The molecule has 2 aromatic heterocycles. The van der Waals surface area contributed by atoms with Gasteiger partial charge in [0.15, 0.2) is 5.65 Å². The molecule has 2 aliphatic rings. The number of aryl methyl sites for hydroxylation is 1. The Morgan fingerprint density at radius 1 is 1.11 bits per heavy atom. The van der Waals surface area contributed by atoms with Crippen LogP contribution in [0.1, 0.15) is 35.9 Å². The predicted molar refractivity (Wildman–Crippen MR) is 96.0 cm³/mol. The van der Waals surface area contributed by atoms with Crippen molar-refractivity contribution in [2.24, 2.45) is 0 Å². The Bertz CT molecular complexity index is 930. The summed E-state index contributed by atoms with van der Waals surface area (Å²) in [5, 5.41) is 10.8. The molecule has 3 amide bonds. The third-order valence-electron chi connectivity index (χ3n) is 5.41. The molecule has 0 spiro atoms. The summed E-state index contributed by atoms with van der Waals surface area (Å²) in [4.78, 5) is 40.6. The third-order valence-corrected chi connectivity index (χ3v) is 5.41. The van der Waals surface area contributed by atoms with Gasteiger partial charge in [-0.15, -0.1) is 10.2 Å². The van der Waals surface area contributed by atoms with Crippen molar-refractivity contribution in [2.75, 3.05) is 26.2 Å². The molecule has 0 radical (unpaired) electrons. The fourth-order valence-corrected chi connectivity index (χ4v) is 3.73. The molecular formula is C18H22N6O3. The minimum absolute atomic E-state index is 0.0676. The zero-order valence-corrected chi connectivity index (χ0v) is 15.4. The fraction of sp³-hybridized carbons (Fsp3) is 0.500. The molecule has 1 atom stereocenters. The average molecular weight is 370 g/mol. The number of nitrogens with zero attached hydrogens (tertiary/aromatic N) is 5. The third kappa shape index (κ3) is 3.02. The van der Waals surface area contributed by atoms with Gasteiger partial charge in [0, 0.05) is 38.8 Å². The predicted octanol–water partition coefficient (Wildman–Crippen LogP) is -0.00918. The summed E-state index contributed by atoms with van der Waals surface area (Å²) in [7, 11) is 0. The maximum atomic E-state index is 12.8. The average Bonchev–Trinajstić information content (AvgIpc) is 3.23. The van der Waals surface area contributed by atoms with Gasteiger partial charge in [-0.1, -0.05) is 0 Å². The van der Waals surface area contributed by atoms with E-state index in [1.807, 2.05) is 6.92 Å². The number of piperazine rings is 1. The molecule has 2 aromatic rings. The second-order valence-electron chi connectivity index (χ2n) is 7.36. The van der Waals surface area contributed by atoms with Crippen molar-refractivity contribution < 1.29 is 14.4 Å². The molecule has 142 valence electrons. The van der Waals surface area contributed by atoms with Crippen LogP contribution in [0, 0.1) is 6.92 Å². The zero-order chi connectivity index (χ0) is 19.2. The standard InChI is InChI=1S/C18H22N6O3/c1-12-20-21-14-4-3-13(11-24(12)14)16(26)22-7-9-23(10-8-22)17(27)18(2)6-5-15(25)19-18/h3-4,11H,5-10H2,1-2H3,(H,19,25)/t18-/m1/s1. The maximum absolute atomic E-state index is 12.8. The van der Waals surface area contributed by atoms with E-state index in [2.05, 4.69) is 15.5 Å². The van der Waals surface area contributed by atoms with E-state index in [-0.39, 0.29) is 17.7 Å². The number of carbonyl (C=O) groups is 3. The van der Waals surface area contributed by atoms with E-state index in [1.165, 1.54) is 0 Å². The van der Waals surface area contributed by atoms with Crippen molar-refractivity contribution in [2.45, 2.75) is 32.2 Å². The summed E-state index contributed by atoms with van der Waals surface area (Å²) in [6.07, 6.45) is 2.65. The summed E-state index contributed by atoms with van der Waals surface area (Å²) < 4.78 is 1.79. The summed E-state index contributed by atoms with van der Waals surface area (Å²) >= 11 is 0. The van der Waals surface area contributed by atoms with E-state index in [0.717, 1.165) is 5.82 Å². The van der Waals surface area contributed by atoms with Gasteiger partial charge in [-0.05, 0) is 32.4 Å². The van der Waals surface area contributed by atoms with Gasteiger partial charge in [0.25, 0.3) is 5.91 Å². The minimum atomic E-state index is -0.819. The number of fused-ring (bicyclic) bond motifs is 1. The van der Waals surface area contributed by atoms with E-state index in [9.17, 15) is 14.4 Å². The van der Waals surface area contributed by atoms with E-state index in [0.29, 0.717) is 50.2 Å². The number of carbonyl (C=O) groups excluding carboxylic acids is 3. The minimum Gasteiger partial charge on any atom is -0.342 e. The van der Waals surface area contributed by atoms with Gasteiger partial charge in [-0.3, -0.25) is 18.8 Å². The number of nitrogens with one attached hydrogen (secondary N) is 1. The molecule has 0 bridgehead atoms. The van der Waals surface area contributed by atoms with Crippen LogP contribution >= 0.6 is 0 Å². The fourth-order valence-electron chi connectivity index (χ4n) is 3.73. The normalized spacial score (nSPS) is 23.0. The van der Waals surface area contributed by atoms with Gasteiger partial charge < -0.3 is 15.1 Å². The smallest absolute Gasteiger partial charge is 0.255 e. The Hall–Kier alpha value is -2.97. The summed E-state index contributed by atoms with van der Waals surface area (Å²) in [5.41, 5.74) is 0.451. The van der Waals surface area contributed by atoms with E-state index in [1.54, 1.807) is 39.5 Å².